The summed E-state index contributed by atoms with van der Waals surface area (Å²) in [6.45, 7) is 0.250. The van der Waals surface area contributed by atoms with Gasteiger partial charge in [-0.3, -0.25) is 0 Å². The highest BCUT2D eigenvalue weighted by Gasteiger charge is 2.16. The minimum absolute atomic E-state index is 0.00700. The highest BCUT2D eigenvalue weighted by molar-refractivity contribution is 5.86. The highest BCUT2D eigenvalue weighted by Crippen LogP contribution is 2.32. The zero-order chi connectivity index (χ0) is 13.1. The molecule has 94 valence electrons. The second kappa shape index (κ2) is 4.89. The first-order valence-electron chi connectivity index (χ1n) is 5.13. The Hall–Kier alpha value is -2.34. The monoisotopic (exact) mass is 249 g/mol. The van der Waals surface area contributed by atoms with E-state index in [0.29, 0.717) is 11.1 Å². The highest BCUT2D eigenvalue weighted by atomic mass is 16.5. The van der Waals surface area contributed by atoms with E-state index in [9.17, 15) is 9.90 Å². The molecule has 6 nitrogen and oxygen atoms in total. The van der Waals surface area contributed by atoms with Crippen molar-refractivity contribution in [2.24, 2.45) is 0 Å². The maximum absolute atomic E-state index is 10.7. The maximum Gasteiger partial charge on any atom is 0.358 e. The van der Waals surface area contributed by atoms with Crippen molar-refractivity contribution in [2.75, 3.05) is 7.11 Å². The molecular formula is C12H11NO5. The van der Waals surface area contributed by atoms with Crippen LogP contribution in [0.4, 0.5) is 0 Å². The Kier molecular flexibility index (Phi) is 3.29. The van der Waals surface area contributed by atoms with Crippen LogP contribution in [0.25, 0.3) is 11.3 Å². The molecule has 2 rings (SSSR count). The van der Waals surface area contributed by atoms with Gasteiger partial charge in [-0.1, -0.05) is 17.3 Å². The number of rotatable bonds is 4. The van der Waals surface area contributed by atoms with Crippen LogP contribution in [0.3, 0.4) is 0 Å². The Bertz CT molecular complexity index is 576. The van der Waals surface area contributed by atoms with E-state index in [-0.39, 0.29) is 23.8 Å². The number of hydrogen-bond donors (Lipinski definition) is 2. The lowest BCUT2D eigenvalue weighted by atomic mass is 10.1. The number of aromatic nitrogens is 1. The lowest BCUT2D eigenvalue weighted by Gasteiger charge is -2.06. The molecule has 0 amide bonds. The first-order valence-corrected chi connectivity index (χ1v) is 5.13. The van der Waals surface area contributed by atoms with Gasteiger partial charge in [-0.05, 0) is 6.07 Å². The Morgan fingerprint density at radius 1 is 1.50 bits per heavy atom. The van der Waals surface area contributed by atoms with Crippen molar-refractivity contribution >= 4 is 5.97 Å². The summed E-state index contributed by atoms with van der Waals surface area (Å²) < 4.78 is 9.84. The Labute approximate surface area is 102 Å². The van der Waals surface area contributed by atoms with Crippen LogP contribution in [0.1, 0.15) is 16.1 Å². The van der Waals surface area contributed by atoms with Gasteiger partial charge in [0, 0.05) is 18.7 Å². The standard InChI is InChI=1S/C12H11NO5/c1-17-6-7-3-2-4-8(11(7)14)10-5-9(12(15)16)13-18-10/h2-5,14H,6H2,1H3,(H,15,16). The molecule has 0 saturated carbocycles. The minimum Gasteiger partial charge on any atom is -0.507 e. The molecule has 1 heterocycles. The molecule has 0 aliphatic rings. The Morgan fingerprint density at radius 3 is 2.89 bits per heavy atom. The smallest absolute Gasteiger partial charge is 0.358 e. The molecule has 0 radical (unpaired) electrons. The largest absolute Gasteiger partial charge is 0.507 e. The van der Waals surface area contributed by atoms with E-state index in [1.54, 1.807) is 18.2 Å². The fraction of sp³-hybridized carbons (Fsp3) is 0.167. The predicted molar refractivity (Wildman–Crippen MR) is 61.3 cm³/mol. The quantitative estimate of drug-likeness (QED) is 0.859. The zero-order valence-electron chi connectivity index (χ0n) is 9.58. The molecule has 6 heteroatoms. The average molecular weight is 249 g/mol. The number of methoxy groups -OCH3 is 1. The number of phenols is 1. The molecule has 0 unspecified atom stereocenters. The summed E-state index contributed by atoms with van der Waals surface area (Å²) in [5, 5.41) is 22.1. The predicted octanol–water partition coefficient (Wildman–Crippen LogP) is 1.89. The van der Waals surface area contributed by atoms with E-state index in [1.807, 2.05) is 0 Å². The van der Waals surface area contributed by atoms with E-state index >= 15 is 0 Å². The third kappa shape index (κ3) is 2.18. The summed E-state index contributed by atoms with van der Waals surface area (Å²) in [5.41, 5.74) is 0.759. The summed E-state index contributed by atoms with van der Waals surface area (Å²) in [4.78, 5) is 10.7. The number of benzene rings is 1. The van der Waals surface area contributed by atoms with E-state index < -0.39 is 5.97 Å². The average Bonchev–Trinajstić information content (AvgIpc) is 2.81. The van der Waals surface area contributed by atoms with Crippen molar-refractivity contribution in [1.29, 1.82) is 0 Å². The molecule has 0 fully saturated rings. The number of hydrogen-bond acceptors (Lipinski definition) is 5. The molecule has 18 heavy (non-hydrogen) atoms. The van der Waals surface area contributed by atoms with Crippen LogP contribution in [-0.4, -0.2) is 28.4 Å². The first kappa shape index (κ1) is 12.1. The normalized spacial score (nSPS) is 10.5. The maximum atomic E-state index is 10.7. The second-order valence-corrected chi connectivity index (χ2v) is 3.63. The molecule has 1 aromatic heterocycles. The number of carboxylic acids is 1. The van der Waals surface area contributed by atoms with Gasteiger partial charge in [0.15, 0.2) is 11.5 Å². The van der Waals surface area contributed by atoms with Crippen molar-refractivity contribution in [3.63, 3.8) is 0 Å². The van der Waals surface area contributed by atoms with Gasteiger partial charge in [0.2, 0.25) is 0 Å². The van der Waals surface area contributed by atoms with Gasteiger partial charge < -0.3 is 19.5 Å². The van der Waals surface area contributed by atoms with Crippen LogP contribution in [0.15, 0.2) is 28.8 Å². The number of para-hydroxylation sites is 1. The van der Waals surface area contributed by atoms with Gasteiger partial charge in [0.1, 0.15) is 5.75 Å². The topological polar surface area (TPSA) is 92.8 Å². The van der Waals surface area contributed by atoms with Crippen molar-refractivity contribution in [3.8, 4) is 17.1 Å². The van der Waals surface area contributed by atoms with E-state index in [2.05, 4.69) is 5.16 Å². The number of carbonyl (C=O) groups is 1. The van der Waals surface area contributed by atoms with Crippen LogP contribution < -0.4 is 0 Å². The molecule has 0 aliphatic heterocycles. The van der Waals surface area contributed by atoms with Gasteiger partial charge in [0.05, 0.1) is 12.2 Å². The minimum atomic E-state index is -1.18. The summed E-state index contributed by atoms with van der Waals surface area (Å²) in [6.07, 6.45) is 0. The van der Waals surface area contributed by atoms with Gasteiger partial charge in [-0.2, -0.15) is 0 Å². The van der Waals surface area contributed by atoms with Gasteiger partial charge in [0.25, 0.3) is 0 Å². The molecule has 2 N–H and O–H groups in total. The Balaban J connectivity index is 2.43. The van der Waals surface area contributed by atoms with Crippen molar-refractivity contribution in [3.05, 3.63) is 35.5 Å². The number of aromatic hydroxyl groups is 1. The molecule has 0 spiro atoms. The van der Waals surface area contributed by atoms with Crippen LogP contribution >= 0.6 is 0 Å². The second-order valence-electron chi connectivity index (χ2n) is 3.63. The molecule has 0 atom stereocenters. The summed E-state index contributed by atoms with van der Waals surface area (Å²) in [6, 6.07) is 6.29. The number of phenolic OH excluding ortho intramolecular Hbond substituents is 1. The third-order valence-electron chi connectivity index (χ3n) is 2.41. The van der Waals surface area contributed by atoms with Crippen LogP contribution in [0.2, 0.25) is 0 Å². The van der Waals surface area contributed by atoms with E-state index in [4.69, 9.17) is 14.4 Å². The summed E-state index contributed by atoms with van der Waals surface area (Å²) in [5.74, 6) is -0.993. The molecule has 0 bridgehead atoms. The molecular weight excluding hydrogens is 238 g/mol. The summed E-state index contributed by atoms with van der Waals surface area (Å²) >= 11 is 0. The van der Waals surface area contributed by atoms with Gasteiger partial charge >= 0.3 is 5.97 Å². The SMILES string of the molecule is COCc1cccc(-c2cc(C(=O)O)no2)c1O. The van der Waals surface area contributed by atoms with Crippen molar-refractivity contribution in [2.45, 2.75) is 6.61 Å². The molecule has 0 aliphatic carbocycles. The van der Waals surface area contributed by atoms with Crippen LogP contribution in [-0.2, 0) is 11.3 Å². The zero-order valence-corrected chi connectivity index (χ0v) is 9.58. The van der Waals surface area contributed by atoms with Gasteiger partial charge in [-0.15, -0.1) is 0 Å². The number of nitrogens with zero attached hydrogens (tertiary/aromatic N) is 1. The number of ether oxygens (including phenoxy) is 1. The lowest BCUT2D eigenvalue weighted by Crippen LogP contribution is -1.94. The number of carboxylic acid groups (broad SMARTS) is 1. The van der Waals surface area contributed by atoms with Crippen molar-refractivity contribution in [1.82, 2.24) is 5.16 Å². The lowest BCUT2D eigenvalue weighted by molar-refractivity contribution is 0.0686. The fourth-order valence-corrected chi connectivity index (χ4v) is 1.57. The molecule has 2 aromatic rings. The van der Waals surface area contributed by atoms with Crippen LogP contribution in [0.5, 0.6) is 5.75 Å². The fourth-order valence-electron chi connectivity index (χ4n) is 1.57. The van der Waals surface area contributed by atoms with E-state index in [0.717, 1.165) is 0 Å². The van der Waals surface area contributed by atoms with Gasteiger partial charge in [-0.25, -0.2) is 4.79 Å². The first-order chi connectivity index (χ1) is 8.63. The Morgan fingerprint density at radius 2 is 2.28 bits per heavy atom. The summed E-state index contributed by atoms with van der Waals surface area (Å²) in [7, 11) is 1.52. The third-order valence-corrected chi connectivity index (χ3v) is 2.41. The van der Waals surface area contributed by atoms with Crippen LogP contribution in [0, 0.1) is 0 Å². The van der Waals surface area contributed by atoms with Crippen molar-refractivity contribution < 1.29 is 24.3 Å². The molecule has 1 aromatic carbocycles. The molecule has 0 saturated heterocycles. The van der Waals surface area contributed by atoms with E-state index in [1.165, 1.54) is 13.2 Å². The number of aromatic carboxylic acids is 1.